The van der Waals surface area contributed by atoms with E-state index in [2.05, 4.69) is 33.2 Å². The van der Waals surface area contributed by atoms with Crippen LogP contribution in [0.15, 0.2) is 27.2 Å². The molecule has 2 aromatic rings. The van der Waals surface area contributed by atoms with Crippen LogP contribution in [0.25, 0.3) is 11.3 Å². The molecule has 2 N–H and O–H groups in total. The predicted octanol–water partition coefficient (Wildman–Crippen LogP) is 3.30. The van der Waals surface area contributed by atoms with E-state index in [0.29, 0.717) is 5.88 Å². The van der Waals surface area contributed by atoms with Gasteiger partial charge in [0.25, 0.3) is 0 Å². The summed E-state index contributed by atoms with van der Waals surface area (Å²) in [6, 6.07) is 5.87. The molecule has 0 radical (unpaired) electrons. The molecule has 0 amide bonds. The molecule has 0 aliphatic carbocycles. The number of hydrogen-bond acceptors (Lipinski definition) is 3. The molecule has 0 fully saturated rings. The number of rotatable bonds is 1. The van der Waals surface area contributed by atoms with Gasteiger partial charge >= 0.3 is 0 Å². The van der Waals surface area contributed by atoms with E-state index < -0.39 is 0 Å². The summed E-state index contributed by atoms with van der Waals surface area (Å²) in [5.41, 5.74) is 9.62. The first-order chi connectivity index (χ1) is 7.08. The first-order valence-electron chi connectivity index (χ1n) is 4.57. The molecule has 0 saturated heterocycles. The highest BCUT2D eigenvalue weighted by Crippen LogP contribution is 2.30. The van der Waals surface area contributed by atoms with Gasteiger partial charge in [-0.15, -0.1) is 0 Å². The van der Waals surface area contributed by atoms with Crippen molar-refractivity contribution in [3.63, 3.8) is 0 Å². The molecule has 0 saturated carbocycles. The van der Waals surface area contributed by atoms with Crippen LogP contribution in [0.5, 0.6) is 0 Å². The van der Waals surface area contributed by atoms with Crippen molar-refractivity contribution in [2.45, 2.75) is 13.8 Å². The Morgan fingerprint density at radius 2 is 2.00 bits per heavy atom. The van der Waals surface area contributed by atoms with Gasteiger partial charge in [-0.1, -0.05) is 21.1 Å². The van der Waals surface area contributed by atoms with Crippen LogP contribution in [0.3, 0.4) is 0 Å². The van der Waals surface area contributed by atoms with Crippen LogP contribution in [0.1, 0.15) is 11.1 Å². The van der Waals surface area contributed by atoms with Crippen LogP contribution in [0.4, 0.5) is 5.88 Å². The van der Waals surface area contributed by atoms with E-state index >= 15 is 0 Å². The lowest BCUT2D eigenvalue weighted by Gasteiger charge is -2.06. The molecular weight excluding hydrogens is 256 g/mol. The van der Waals surface area contributed by atoms with E-state index in [1.807, 2.05) is 13.8 Å². The Morgan fingerprint density at radius 3 is 2.60 bits per heavy atom. The van der Waals surface area contributed by atoms with Crippen molar-refractivity contribution < 1.29 is 4.52 Å². The zero-order chi connectivity index (χ0) is 11.0. The lowest BCUT2D eigenvalue weighted by Crippen LogP contribution is -1.87. The van der Waals surface area contributed by atoms with Gasteiger partial charge in [0.15, 0.2) is 0 Å². The fourth-order valence-electron chi connectivity index (χ4n) is 1.50. The smallest absolute Gasteiger partial charge is 0.222 e. The molecule has 0 unspecified atom stereocenters. The number of benzene rings is 1. The zero-order valence-electron chi connectivity index (χ0n) is 8.54. The van der Waals surface area contributed by atoms with E-state index in [-0.39, 0.29) is 0 Å². The van der Waals surface area contributed by atoms with Crippen molar-refractivity contribution in [3.8, 4) is 11.3 Å². The number of anilines is 1. The number of halogens is 1. The lowest BCUT2D eigenvalue weighted by atomic mass is 10.0. The summed E-state index contributed by atoms with van der Waals surface area (Å²) in [6.07, 6.45) is 0. The molecule has 2 rings (SSSR count). The maximum atomic E-state index is 5.50. The Bertz CT molecular complexity index is 505. The molecule has 15 heavy (non-hydrogen) atoms. The van der Waals surface area contributed by atoms with Gasteiger partial charge in [-0.2, -0.15) is 0 Å². The van der Waals surface area contributed by atoms with Crippen molar-refractivity contribution in [3.05, 3.63) is 33.8 Å². The molecule has 0 bridgehead atoms. The third-order valence-corrected chi connectivity index (χ3v) is 3.12. The minimum absolute atomic E-state index is 0.335. The molecule has 0 aliphatic heterocycles. The average Bonchev–Trinajstić information content (AvgIpc) is 2.58. The molecule has 1 heterocycles. The number of hydrogen-bond donors (Lipinski definition) is 1. The van der Waals surface area contributed by atoms with E-state index in [9.17, 15) is 0 Å². The van der Waals surface area contributed by atoms with Gasteiger partial charge in [-0.05, 0) is 37.1 Å². The van der Waals surface area contributed by atoms with E-state index in [1.165, 1.54) is 5.56 Å². The van der Waals surface area contributed by atoms with Gasteiger partial charge < -0.3 is 10.3 Å². The maximum absolute atomic E-state index is 5.50. The highest BCUT2D eigenvalue weighted by Gasteiger charge is 2.10. The van der Waals surface area contributed by atoms with E-state index in [1.54, 1.807) is 6.07 Å². The highest BCUT2D eigenvalue weighted by atomic mass is 79.9. The highest BCUT2D eigenvalue weighted by molar-refractivity contribution is 9.10. The van der Waals surface area contributed by atoms with Crippen molar-refractivity contribution in [2.24, 2.45) is 0 Å². The van der Waals surface area contributed by atoms with Crippen molar-refractivity contribution in [1.29, 1.82) is 0 Å². The quantitative estimate of drug-likeness (QED) is 0.862. The molecular formula is C11H11BrN2O. The number of aryl methyl sites for hydroxylation is 1. The molecule has 1 aromatic carbocycles. The topological polar surface area (TPSA) is 52.0 Å². The number of nitrogens with zero attached hydrogens (tertiary/aromatic N) is 1. The predicted molar refractivity (Wildman–Crippen MR) is 63.5 cm³/mol. The monoisotopic (exact) mass is 266 g/mol. The van der Waals surface area contributed by atoms with Crippen molar-refractivity contribution in [1.82, 2.24) is 5.16 Å². The third-order valence-electron chi connectivity index (χ3n) is 2.29. The van der Waals surface area contributed by atoms with Gasteiger partial charge in [0.05, 0.1) is 0 Å². The van der Waals surface area contributed by atoms with Crippen LogP contribution in [-0.2, 0) is 0 Å². The summed E-state index contributed by atoms with van der Waals surface area (Å²) in [5.74, 6) is 0.335. The Hall–Kier alpha value is -1.29. The summed E-state index contributed by atoms with van der Waals surface area (Å²) in [6.45, 7) is 4.07. The van der Waals surface area contributed by atoms with Gasteiger partial charge in [-0.25, -0.2) is 0 Å². The van der Waals surface area contributed by atoms with Gasteiger partial charge in [0.2, 0.25) is 5.88 Å². The van der Waals surface area contributed by atoms with Crippen molar-refractivity contribution in [2.75, 3.05) is 5.73 Å². The Labute approximate surface area is 96.4 Å². The number of aromatic nitrogens is 1. The van der Waals surface area contributed by atoms with E-state index in [4.69, 9.17) is 10.3 Å². The summed E-state index contributed by atoms with van der Waals surface area (Å²) >= 11 is 3.51. The van der Waals surface area contributed by atoms with Gasteiger partial charge in [0, 0.05) is 16.1 Å². The largest absolute Gasteiger partial charge is 0.368 e. The average molecular weight is 267 g/mol. The summed E-state index contributed by atoms with van der Waals surface area (Å²) < 4.78 is 5.93. The SMILES string of the molecule is Cc1cc(Br)c(C)c(-c2cc(N)on2)c1. The van der Waals surface area contributed by atoms with Crippen LogP contribution in [-0.4, -0.2) is 5.16 Å². The molecule has 1 aromatic heterocycles. The third kappa shape index (κ3) is 1.90. The van der Waals surface area contributed by atoms with Crippen molar-refractivity contribution >= 4 is 21.8 Å². The van der Waals surface area contributed by atoms with Gasteiger partial charge in [0.1, 0.15) is 5.69 Å². The molecule has 0 spiro atoms. The Morgan fingerprint density at radius 1 is 1.27 bits per heavy atom. The Balaban J connectivity index is 2.62. The van der Waals surface area contributed by atoms with Gasteiger partial charge in [-0.3, -0.25) is 0 Å². The molecule has 3 nitrogen and oxygen atoms in total. The summed E-state index contributed by atoms with van der Waals surface area (Å²) in [4.78, 5) is 0. The Kier molecular flexibility index (Phi) is 2.52. The zero-order valence-corrected chi connectivity index (χ0v) is 10.1. The van der Waals surface area contributed by atoms with Crippen LogP contribution in [0, 0.1) is 13.8 Å². The lowest BCUT2D eigenvalue weighted by molar-refractivity contribution is 0.439. The molecule has 0 atom stereocenters. The molecule has 78 valence electrons. The first kappa shape index (κ1) is 10.2. The minimum Gasteiger partial charge on any atom is -0.368 e. The minimum atomic E-state index is 0.335. The second-order valence-electron chi connectivity index (χ2n) is 3.53. The van der Waals surface area contributed by atoms with Crippen LogP contribution in [0.2, 0.25) is 0 Å². The standard InChI is InChI=1S/C11H11BrN2O/c1-6-3-8(7(2)9(12)4-6)10-5-11(13)15-14-10/h3-5H,13H2,1-2H3. The number of nitrogen functional groups attached to an aromatic ring is 1. The maximum Gasteiger partial charge on any atom is 0.222 e. The molecule has 0 aliphatic rings. The normalized spacial score (nSPS) is 10.6. The summed E-state index contributed by atoms with van der Waals surface area (Å²) in [5, 5.41) is 3.91. The van der Waals surface area contributed by atoms with Crippen LogP contribution >= 0.6 is 15.9 Å². The van der Waals surface area contributed by atoms with Crippen LogP contribution < -0.4 is 5.73 Å². The number of nitrogens with two attached hydrogens (primary N) is 1. The first-order valence-corrected chi connectivity index (χ1v) is 5.36. The fraction of sp³-hybridized carbons (Fsp3) is 0.182. The second-order valence-corrected chi connectivity index (χ2v) is 4.39. The second kappa shape index (κ2) is 3.70. The summed E-state index contributed by atoms with van der Waals surface area (Å²) in [7, 11) is 0. The fourth-order valence-corrected chi connectivity index (χ4v) is 2.07. The van der Waals surface area contributed by atoms with E-state index in [0.717, 1.165) is 21.3 Å². The molecule has 4 heteroatoms.